The Bertz CT molecular complexity index is 1100. The van der Waals surface area contributed by atoms with Crippen molar-refractivity contribution in [3.05, 3.63) is 74.7 Å². The number of ether oxygens (including phenoxy) is 2. The van der Waals surface area contributed by atoms with Gasteiger partial charge in [0.15, 0.2) is 0 Å². The summed E-state index contributed by atoms with van der Waals surface area (Å²) < 4.78 is 10.7. The van der Waals surface area contributed by atoms with Crippen molar-refractivity contribution in [2.45, 2.75) is 26.6 Å². The average Bonchev–Trinajstić information content (AvgIpc) is 2.99. The Balaban J connectivity index is 1.70. The molecule has 166 valence electrons. The Morgan fingerprint density at radius 2 is 1.94 bits per heavy atom. The molecule has 0 bridgehead atoms. The van der Waals surface area contributed by atoms with Crippen LogP contribution in [-0.2, 0) is 20.9 Å². The molecule has 32 heavy (non-hydrogen) atoms. The molecule has 0 radical (unpaired) electrons. The van der Waals surface area contributed by atoms with Crippen molar-refractivity contribution in [1.29, 1.82) is 0 Å². The van der Waals surface area contributed by atoms with E-state index in [2.05, 4.69) is 0 Å². The second-order valence-corrected chi connectivity index (χ2v) is 8.05. The number of benzene rings is 2. The van der Waals surface area contributed by atoms with Crippen LogP contribution in [-0.4, -0.2) is 39.6 Å². The van der Waals surface area contributed by atoms with Crippen molar-refractivity contribution < 1.29 is 28.8 Å². The van der Waals surface area contributed by atoms with Crippen LogP contribution in [0.2, 0.25) is 0 Å². The lowest BCUT2D eigenvalue weighted by Gasteiger charge is -2.13. The standard InChI is InChI=1S/C22H20N2O7S/c1-14(2)31-20(25)12-23-21(26)19(32-22(23)27)11-15-6-5-8-17(10-15)30-13-16-7-3-4-9-18(16)24(28)29/h3-11,14H,12-13H2,1-2H3/b19-11-. The van der Waals surface area contributed by atoms with E-state index in [-0.39, 0.29) is 23.3 Å². The fourth-order valence-electron chi connectivity index (χ4n) is 2.88. The molecule has 3 rings (SSSR count). The number of hydrogen-bond donors (Lipinski definition) is 0. The maximum Gasteiger partial charge on any atom is 0.326 e. The number of nitrogens with zero attached hydrogens (tertiary/aromatic N) is 2. The molecular weight excluding hydrogens is 436 g/mol. The van der Waals surface area contributed by atoms with Crippen molar-refractivity contribution >= 4 is 40.6 Å². The van der Waals surface area contributed by atoms with E-state index in [4.69, 9.17) is 9.47 Å². The Labute approximate surface area is 188 Å². The van der Waals surface area contributed by atoms with Gasteiger partial charge in [-0.25, -0.2) is 0 Å². The third-order valence-electron chi connectivity index (χ3n) is 4.27. The van der Waals surface area contributed by atoms with Gasteiger partial charge in [-0.3, -0.25) is 29.4 Å². The number of imide groups is 1. The molecule has 2 aromatic carbocycles. The highest BCUT2D eigenvalue weighted by Gasteiger charge is 2.36. The smallest absolute Gasteiger partial charge is 0.326 e. The first-order chi connectivity index (χ1) is 15.2. The van der Waals surface area contributed by atoms with E-state index in [1.165, 1.54) is 12.1 Å². The molecule has 1 saturated heterocycles. The summed E-state index contributed by atoms with van der Waals surface area (Å²) in [5, 5.41) is 10.6. The predicted molar refractivity (Wildman–Crippen MR) is 118 cm³/mol. The summed E-state index contributed by atoms with van der Waals surface area (Å²) in [5.74, 6) is -0.794. The van der Waals surface area contributed by atoms with Gasteiger partial charge in [0.25, 0.3) is 16.8 Å². The summed E-state index contributed by atoms with van der Waals surface area (Å²) in [6.07, 6.45) is 1.18. The van der Waals surface area contributed by atoms with Crippen LogP contribution >= 0.6 is 11.8 Å². The molecule has 0 saturated carbocycles. The Kier molecular flexibility index (Phi) is 7.26. The molecule has 2 amide bonds. The first-order valence-electron chi connectivity index (χ1n) is 9.64. The lowest BCUT2D eigenvalue weighted by molar-refractivity contribution is -0.385. The van der Waals surface area contributed by atoms with Gasteiger partial charge in [0, 0.05) is 6.07 Å². The fraction of sp³-hybridized carbons (Fsp3) is 0.227. The number of carbonyl (C=O) groups is 3. The number of rotatable bonds is 8. The number of nitro groups is 1. The Morgan fingerprint density at radius 3 is 2.66 bits per heavy atom. The van der Waals surface area contributed by atoms with E-state index < -0.39 is 28.6 Å². The maximum atomic E-state index is 12.6. The van der Waals surface area contributed by atoms with Crippen LogP contribution in [0.5, 0.6) is 5.75 Å². The van der Waals surface area contributed by atoms with E-state index in [1.54, 1.807) is 56.3 Å². The third kappa shape index (κ3) is 5.73. The van der Waals surface area contributed by atoms with Gasteiger partial charge in [-0.2, -0.15) is 0 Å². The molecule has 0 unspecified atom stereocenters. The number of nitro benzene ring substituents is 1. The van der Waals surface area contributed by atoms with E-state index in [0.717, 1.165) is 16.7 Å². The summed E-state index contributed by atoms with van der Waals surface area (Å²) >= 11 is 0.734. The first kappa shape index (κ1) is 23.0. The third-order valence-corrected chi connectivity index (χ3v) is 5.17. The van der Waals surface area contributed by atoms with Crippen molar-refractivity contribution in [2.24, 2.45) is 0 Å². The molecule has 10 heteroatoms. The molecule has 0 aliphatic carbocycles. The predicted octanol–water partition coefficient (Wildman–Crippen LogP) is 4.16. The monoisotopic (exact) mass is 456 g/mol. The van der Waals surface area contributed by atoms with Crippen LogP contribution in [0.1, 0.15) is 25.0 Å². The molecular formula is C22H20N2O7S. The van der Waals surface area contributed by atoms with E-state index >= 15 is 0 Å². The molecule has 1 heterocycles. The van der Waals surface area contributed by atoms with Crippen molar-refractivity contribution in [2.75, 3.05) is 6.54 Å². The zero-order valence-electron chi connectivity index (χ0n) is 17.3. The Morgan fingerprint density at radius 1 is 1.19 bits per heavy atom. The van der Waals surface area contributed by atoms with Gasteiger partial charge in [-0.15, -0.1) is 0 Å². The zero-order valence-corrected chi connectivity index (χ0v) is 18.2. The fourth-order valence-corrected chi connectivity index (χ4v) is 3.72. The van der Waals surface area contributed by atoms with E-state index in [0.29, 0.717) is 16.9 Å². The molecule has 1 fully saturated rings. The summed E-state index contributed by atoms with van der Waals surface area (Å²) in [6, 6.07) is 13.0. The summed E-state index contributed by atoms with van der Waals surface area (Å²) in [4.78, 5) is 48.2. The number of carbonyl (C=O) groups excluding carboxylic acids is 3. The number of amides is 2. The summed E-state index contributed by atoms with van der Waals surface area (Å²) in [5.41, 5.74) is 0.992. The minimum absolute atomic E-state index is 0.00488. The summed E-state index contributed by atoms with van der Waals surface area (Å²) in [7, 11) is 0. The second kappa shape index (κ2) is 10.1. The van der Waals surface area contributed by atoms with Crippen LogP contribution in [0.3, 0.4) is 0 Å². The largest absolute Gasteiger partial charge is 0.489 e. The molecule has 9 nitrogen and oxygen atoms in total. The van der Waals surface area contributed by atoms with Gasteiger partial charge in [0.05, 0.1) is 21.5 Å². The first-order valence-corrected chi connectivity index (χ1v) is 10.5. The minimum atomic E-state index is -0.658. The molecule has 0 aromatic heterocycles. The van der Waals surface area contributed by atoms with Crippen LogP contribution in [0.15, 0.2) is 53.4 Å². The molecule has 0 N–H and O–H groups in total. The normalized spacial score (nSPS) is 14.8. The highest BCUT2D eigenvalue weighted by molar-refractivity contribution is 8.18. The number of thioether (sulfide) groups is 1. The van der Waals surface area contributed by atoms with Gasteiger partial charge in [0.2, 0.25) is 0 Å². The van der Waals surface area contributed by atoms with Crippen LogP contribution < -0.4 is 4.74 Å². The van der Waals surface area contributed by atoms with Crippen molar-refractivity contribution in [1.82, 2.24) is 4.90 Å². The second-order valence-electron chi connectivity index (χ2n) is 7.05. The van der Waals surface area contributed by atoms with Gasteiger partial charge in [-0.05, 0) is 55.4 Å². The highest BCUT2D eigenvalue weighted by Crippen LogP contribution is 2.32. The van der Waals surface area contributed by atoms with Crippen molar-refractivity contribution in [3.63, 3.8) is 0 Å². The quantitative estimate of drug-likeness (QED) is 0.252. The molecule has 1 aliphatic heterocycles. The Hall–Kier alpha value is -3.66. The van der Waals surface area contributed by atoms with Gasteiger partial charge in [0.1, 0.15) is 18.9 Å². The molecule has 0 spiro atoms. The lowest BCUT2D eigenvalue weighted by atomic mass is 10.2. The van der Waals surface area contributed by atoms with E-state index in [9.17, 15) is 24.5 Å². The van der Waals surface area contributed by atoms with E-state index in [1.807, 2.05) is 0 Å². The number of esters is 1. The van der Waals surface area contributed by atoms with Gasteiger partial charge in [-0.1, -0.05) is 24.3 Å². The van der Waals surface area contributed by atoms with Crippen LogP contribution in [0.4, 0.5) is 10.5 Å². The molecule has 0 atom stereocenters. The molecule has 2 aromatic rings. The topological polar surface area (TPSA) is 116 Å². The minimum Gasteiger partial charge on any atom is -0.489 e. The van der Waals surface area contributed by atoms with Crippen molar-refractivity contribution in [3.8, 4) is 5.75 Å². The SMILES string of the molecule is CC(C)OC(=O)CN1C(=O)S/C(=C\c2cccc(OCc3ccccc3[N+](=O)[O-])c2)C1=O. The summed E-state index contributed by atoms with van der Waals surface area (Å²) in [6.45, 7) is 2.90. The number of hydrogen-bond acceptors (Lipinski definition) is 8. The van der Waals surface area contributed by atoms with Crippen LogP contribution in [0, 0.1) is 10.1 Å². The number of para-hydroxylation sites is 1. The highest BCUT2D eigenvalue weighted by atomic mass is 32.2. The van der Waals surface area contributed by atoms with Crippen LogP contribution in [0.25, 0.3) is 6.08 Å². The van der Waals surface area contributed by atoms with Gasteiger partial charge < -0.3 is 9.47 Å². The van der Waals surface area contributed by atoms with Gasteiger partial charge >= 0.3 is 5.97 Å². The lowest BCUT2D eigenvalue weighted by Crippen LogP contribution is -2.35. The molecule has 1 aliphatic rings. The maximum absolute atomic E-state index is 12.6. The zero-order chi connectivity index (χ0) is 23.3. The average molecular weight is 456 g/mol.